The minimum Gasteiger partial charge on any atom is -0.461 e. The van der Waals surface area contributed by atoms with Crippen molar-refractivity contribution in [2.75, 3.05) is 0 Å². The van der Waals surface area contributed by atoms with E-state index >= 15 is 0 Å². The van der Waals surface area contributed by atoms with Gasteiger partial charge in [-0.2, -0.15) is 0 Å². The Kier molecular flexibility index (Phi) is 11.5. The van der Waals surface area contributed by atoms with Gasteiger partial charge in [0.25, 0.3) is 5.91 Å². The number of aryl methyl sites for hydroxylation is 1. The fourth-order valence-corrected chi connectivity index (χ4v) is 3.78. The second kappa shape index (κ2) is 14.3. The van der Waals surface area contributed by atoms with Gasteiger partial charge < -0.3 is 15.4 Å². The Bertz CT molecular complexity index is 939. The molecule has 0 heterocycles. The molecule has 2 unspecified atom stereocenters. The molecule has 6 heteroatoms. The van der Waals surface area contributed by atoms with Gasteiger partial charge in [0.2, 0.25) is 5.91 Å². The molecule has 0 radical (unpaired) electrons. The van der Waals surface area contributed by atoms with Crippen molar-refractivity contribution in [1.82, 2.24) is 10.6 Å². The molecule has 0 spiro atoms. The highest BCUT2D eigenvalue weighted by atomic mass is 16.5. The fraction of sp³-hybridized carbons (Fsp3) is 0.483. The molecule has 2 rings (SSSR count). The summed E-state index contributed by atoms with van der Waals surface area (Å²) < 4.78 is 5.38. The van der Waals surface area contributed by atoms with E-state index in [1.54, 1.807) is 26.0 Å². The highest BCUT2D eigenvalue weighted by Gasteiger charge is 2.30. The van der Waals surface area contributed by atoms with Crippen LogP contribution in [0.1, 0.15) is 75.4 Å². The van der Waals surface area contributed by atoms with Crippen molar-refractivity contribution in [2.45, 2.75) is 84.9 Å². The molecular formula is C29H40N2O4. The zero-order valence-electron chi connectivity index (χ0n) is 21.7. The molecule has 0 aliphatic carbocycles. The number of carbonyl (C=O) groups excluding carboxylic acids is 3. The summed E-state index contributed by atoms with van der Waals surface area (Å²) in [6.07, 6.45) is 4.46. The van der Waals surface area contributed by atoms with Crippen LogP contribution >= 0.6 is 0 Å². The summed E-state index contributed by atoms with van der Waals surface area (Å²) in [5.74, 6) is -1.40. The Labute approximate surface area is 209 Å². The minimum atomic E-state index is -0.854. The maximum Gasteiger partial charge on any atom is 0.329 e. The van der Waals surface area contributed by atoms with Crippen LogP contribution in [-0.4, -0.2) is 36.0 Å². The highest BCUT2D eigenvalue weighted by Crippen LogP contribution is 2.12. The number of hydrogen-bond acceptors (Lipinski definition) is 4. The van der Waals surface area contributed by atoms with Gasteiger partial charge in [0.1, 0.15) is 12.1 Å². The van der Waals surface area contributed by atoms with Crippen LogP contribution in [0.15, 0.2) is 54.6 Å². The first-order valence-corrected chi connectivity index (χ1v) is 12.7. The van der Waals surface area contributed by atoms with Crippen molar-refractivity contribution in [3.05, 3.63) is 71.3 Å². The van der Waals surface area contributed by atoms with Crippen molar-refractivity contribution < 1.29 is 19.1 Å². The zero-order chi connectivity index (χ0) is 25.8. The van der Waals surface area contributed by atoms with Gasteiger partial charge in [-0.25, -0.2) is 4.79 Å². The van der Waals surface area contributed by atoms with E-state index in [1.807, 2.05) is 56.3 Å². The van der Waals surface area contributed by atoms with E-state index < -0.39 is 24.0 Å². The number of benzene rings is 2. The fourth-order valence-electron chi connectivity index (χ4n) is 3.78. The van der Waals surface area contributed by atoms with E-state index in [2.05, 4.69) is 17.6 Å². The lowest BCUT2D eigenvalue weighted by atomic mass is 10.0. The predicted octanol–water partition coefficient (Wildman–Crippen LogP) is 4.85. The molecule has 190 valence electrons. The van der Waals surface area contributed by atoms with E-state index in [9.17, 15) is 14.4 Å². The van der Waals surface area contributed by atoms with Crippen molar-refractivity contribution >= 4 is 17.8 Å². The van der Waals surface area contributed by atoms with E-state index in [0.717, 1.165) is 18.4 Å². The standard InChI is InChI=1S/C29H40N2O4/c1-6-7-9-12-22-15-17-24(18-16-22)27(32)31-26(20(2)3)28(33)30-25(29(34)35-21(4)5)19-23-13-10-8-11-14-23/h8,10-11,13-18,20-21,25-26H,6-7,9,12,19H2,1-5H3,(H,30,33)(H,31,32). The van der Waals surface area contributed by atoms with Crippen molar-refractivity contribution in [2.24, 2.45) is 5.92 Å². The van der Waals surface area contributed by atoms with Gasteiger partial charge in [-0.1, -0.05) is 76.1 Å². The molecule has 0 saturated carbocycles. The number of hydrogen-bond donors (Lipinski definition) is 2. The van der Waals surface area contributed by atoms with Gasteiger partial charge in [0.15, 0.2) is 0 Å². The predicted molar refractivity (Wildman–Crippen MR) is 139 cm³/mol. The lowest BCUT2D eigenvalue weighted by molar-refractivity contribution is -0.151. The molecule has 0 aromatic heterocycles. The second-order valence-electron chi connectivity index (χ2n) is 9.59. The molecule has 35 heavy (non-hydrogen) atoms. The van der Waals surface area contributed by atoms with Crippen LogP contribution in [0.5, 0.6) is 0 Å². The topological polar surface area (TPSA) is 84.5 Å². The largest absolute Gasteiger partial charge is 0.461 e. The van der Waals surface area contributed by atoms with Crippen molar-refractivity contribution in [3.8, 4) is 0 Å². The Morgan fingerprint density at radius 2 is 1.49 bits per heavy atom. The average molecular weight is 481 g/mol. The van der Waals surface area contributed by atoms with E-state index in [4.69, 9.17) is 4.74 Å². The summed E-state index contributed by atoms with van der Waals surface area (Å²) in [7, 11) is 0. The molecule has 6 nitrogen and oxygen atoms in total. The molecule has 0 fully saturated rings. The summed E-state index contributed by atoms with van der Waals surface area (Å²) >= 11 is 0. The van der Waals surface area contributed by atoms with Crippen LogP contribution in [0.3, 0.4) is 0 Å². The summed E-state index contributed by atoms with van der Waals surface area (Å²) in [6.45, 7) is 9.43. The SMILES string of the molecule is CCCCCc1ccc(C(=O)NC(C(=O)NC(Cc2ccccc2)C(=O)OC(C)C)C(C)C)cc1. The van der Waals surface area contributed by atoms with Gasteiger partial charge in [-0.05, 0) is 55.9 Å². The number of rotatable bonds is 13. The van der Waals surface area contributed by atoms with E-state index in [1.165, 1.54) is 18.4 Å². The average Bonchev–Trinajstić information content (AvgIpc) is 2.82. The minimum absolute atomic E-state index is 0.175. The van der Waals surface area contributed by atoms with Crippen LogP contribution in [0.4, 0.5) is 0 Å². The second-order valence-corrected chi connectivity index (χ2v) is 9.59. The summed E-state index contributed by atoms with van der Waals surface area (Å²) in [6, 6.07) is 15.3. The number of unbranched alkanes of at least 4 members (excludes halogenated alkanes) is 2. The quantitative estimate of drug-likeness (QED) is 0.317. The number of esters is 1. The van der Waals surface area contributed by atoms with Crippen molar-refractivity contribution in [3.63, 3.8) is 0 Å². The summed E-state index contributed by atoms with van der Waals surface area (Å²) in [5, 5.41) is 5.67. The number of carbonyl (C=O) groups is 3. The van der Waals surface area contributed by atoms with Gasteiger partial charge in [0.05, 0.1) is 6.10 Å². The molecule has 2 N–H and O–H groups in total. The molecule has 2 aromatic rings. The summed E-state index contributed by atoms with van der Waals surface area (Å²) in [4.78, 5) is 38.9. The third kappa shape index (κ3) is 9.55. The molecule has 2 aromatic carbocycles. The Hall–Kier alpha value is -3.15. The first kappa shape index (κ1) is 28.1. The van der Waals surface area contributed by atoms with Gasteiger partial charge in [0, 0.05) is 12.0 Å². The molecule has 0 saturated heterocycles. The Morgan fingerprint density at radius 3 is 2.06 bits per heavy atom. The van der Waals surface area contributed by atoms with Crippen LogP contribution in [0.2, 0.25) is 0 Å². The zero-order valence-corrected chi connectivity index (χ0v) is 21.7. The van der Waals surface area contributed by atoms with Gasteiger partial charge in [-0.3, -0.25) is 9.59 Å². The first-order valence-electron chi connectivity index (χ1n) is 12.7. The smallest absolute Gasteiger partial charge is 0.329 e. The lowest BCUT2D eigenvalue weighted by Crippen LogP contribution is -2.54. The van der Waals surface area contributed by atoms with Gasteiger partial charge >= 0.3 is 5.97 Å². The Balaban J connectivity index is 2.09. The normalized spacial score (nSPS) is 12.8. The molecule has 0 aliphatic rings. The van der Waals surface area contributed by atoms with Gasteiger partial charge in [-0.15, -0.1) is 0 Å². The molecule has 2 amide bonds. The highest BCUT2D eigenvalue weighted by molar-refractivity contribution is 5.98. The number of nitrogens with one attached hydrogen (secondary N) is 2. The Morgan fingerprint density at radius 1 is 0.829 bits per heavy atom. The van der Waals surface area contributed by atoms with Crippen LogP contribution in [-0.2, 0) is 27.2 Å². The lowest BCUT2D eigenvalue weighted by Gasteiger charge is -2.25. The molecule has 2 atom stereocenters. The van der Waals surface area contributed by atoms with Crippen LogP contribution in [0, 0.1) is 5.92 Å². The third-order valence-corrected chi connectivity index (χ3v) is 5.76. The summed E-state index contributed by atoms with van der Waals surface area (Å²) in [5.41, 5.74) is 2.60. The number of ether oxygens (including phenoxy) is 1. The molecular weight excluding hydrogens is 440 g/mol. The van der Waals surface area contributed by atoms with Crippen LogP contribution < -0.4 is 10.6 Å². The van der Waals surface area contributed by atoms with E-state index in [-0.39, 0.29) is 17.9 Å². The molecule has 0 bridgehead atoms. The monoisotopic (exact) mass is 480 g/mol. The van der Waals surface area contributed by atoms with Crippen molar-refractivity contribution in [1.29, 1.82) is 0 Å². The maximum absolute atomic E-state index is 13.2. The maximum atomic E-state index is 13.2. The number of amides is 2. The van der Waals surface area contributed by atoms with Crippen LogP contribution in [0.25, 0.3) is 0 Å². The third-order valence-electron chi connectivity index (χ3n) is 5.76. The molecule has 0 aliphatic heterocycles. The first-order chi connectivity index (χ1) is 16.7. The van der Waals surface area contributed by atoms with E-state index in [0.29, 0.717) is 12.0 Å².